The van der Waals surface area contributed by atoms with Crippen molar-refractivity contribution < 1.29 is 4.79 Å². The van der Waals surface area contributed by atoms with Crippen LogP contribution in [0.2, 0.25) is 0 Å². The number of hydrogen-bond acceptors (Lipinski definition) is 7. The molecule has 1 unspecified atom stereocenters. The minimum atomic E-state index is -0.0641. The Balaban J connectivity index is 1.34. The maximum Gasteiger partial charge on any atom is 0.263 e. The largest absolute Gasteiger partial charge is 0.344 e. The van der Waals surface area contributed by atoms with Crippen LogP contribution < -0.4 is 10.6 Å². The van der Waals surface area contributed by atoms with Gasteiger partial charge in [-0.1, -0.05) is 32.9 Å². The highest BCUT2D eigenvalue weighted by atomic mass is 32.1. The second-order valence-electron chi connectivity index (χ2n) is 9.93. The predicted octanol–water partition coefficient (Wildman–Crippen LogP) is 5.18. The molecule has 1 aliphatic carbocycles. The number of amides is 1. The lowest BCUT2D eigenvalue weighted by molar-refractivity contribution is 0.0936. The van der Waals surface area contributed by atoms with Gasteiger partial charge in [-0.25, -0.2) is 15.0 Å². The number of nitrogens with zero attached hydrogens (tertiary/aromatic N) is 5. The third kappa shape index (κ3) is 5.09. The van der Waals surface area contributed by atoms with Crippen molar-refractivity contribution in [3.8, 4) is 11.3 Å². The fourth-order valence-corrected chi connectivity index (χ4v) is 5.17. The molecule has 0 bridgehead atoms. The van der Waals surface area contributed by atoms with Gasteiger partial charge in [0.25, 0.3) is 5.91 Å². The molecular weight excluding hydrogens is 458 g/mol. The molecular formula is C26H29N7OS. The topological polar surface area (TPSA) is 97.6 Å². The zero-order valence-electron chi connectivity index (χ0n) is 20.4. The number of hydrogen-bond donors (Lipinski definition) is 2. The summed E-state index contributed by atoms with van der Waals surface area (Å²) in [4.78, 5) is 26.9. The molecule has 4 aromatic rings. The summed E-state index contributed by atoms with van der Waals surface area (Å²) in [5, 5.41) is 11.7. The van der Waals surface area contributed by atoms with Crippen LogP contribution in [-0.2, 0) is 18.9 Å². The monoisotopic (exact) mass is 487 g/mol. The minimum Gasteiger partial charge on any atom is -0.344 e. The number of carbonyl (C=O) groups excluding carboxylic acids is 1. The van der Waals surface area contributed by atoms with Crippen LogP contribution >= 0.6 is 11.3 Å². The van der Waals surface area contributed by atoms with Crippen molar-refractivity contribution in [2.75, 3.05) is 5.32 Å². The molecule has 0 saturated carbocycles. The highest BCUT2D eigenvalue weighted by Crippen LogP contribution is 2.34. The first-order valence-corrected chi connectivity index (χ1v) is 12.6. The average Bonchev–Trinajstić information content (AvgIpc) is 3.49. The number of rotatable bonds is 5. The quantitative estimate of drug-likeness (QED) is 0.402. The van der Waals surface area contributed by atoms with Crippen LogP contribution in [-0.4, -0.2) is 30.6 Å². The van der Waals surface area contributed by atoms with Gasteiger partial charge >= 0.3 is 0 Å². The van der Waals surface area contributed by atoms with Gasteiger partial charge in [0, 0.05) is 30.3 Å². The summed E-state index contributed by atoms with van der Waals surface area (Å²) in [5.41, 5.74) is 5.11. The Morgan fingerprint density at radius 2 is 2.00 bits per heavy atom. The van der Waals surface area contributed by atoms with E-state index in [0.29, 0.717) is 10.7 Å². The zero-order chi connectivity index (χ0) is 24.6. The van der Waals surface area contributed by atoms with Gasteiger partial charge in [-0.05, 0) is 36.5 Å². The molecule has 0 spiro atoms. The molecule has 3 aromatic heterocycles. The lowest BCUT2D eigenvalue weighted by Crippen LogP contribution is -2.30. The minimum absolute atomic E-state index is 0.00584. The molecule has 0 fully saturated rings. The molecule has 9 heteroatoms. The van der Waals surface area contributed by atoms with Gasteiger partial charge in [0.15, 0.2) is 0 Å². The first kappa shape index (κ1) is 23.2. The van der Waals surface area contributed by atoms with E-state index in [1.807, 2.05) is 19.3 Å². The van der Waals surface area contributed by atoms with E-state index in [9.17, 15) is 4.79 Å². The third-order valence-electron chi connectivity index (χ3n) is 6.07. The summed E-state index contributed by atoms with van der Waals surface area (Å²) in [6, 6.07) is 8.32. The van der Waals surface area contributed by atoms with E-state index >= 15 is 0 Å². The molecule has 0 radical (unpaired) electrons. The number of aryl methyl sites for hydroxylation is 2. The molecule has 8 nitrogen and oxygen atoms in total. The smallest absolute Gasteiger partial charge is 0.263 e. The molecule has 1 atom stereocenters. The molecule has 1 aromatic carbocycles. The number of carbonyl (C=O) groups is 1. The number of fused-ring (bicyclic) bond motifs is 1. The average molecular weight is 488 g/mol. The van der Waals surface area contributed by atoms with Crippen LogP contribution in [0.1, 0.15) is 65.5 Å². The molecule has 1 aliphatic rings. The van der Waals surface area contributed by atoms with E-state index in [2.05, 4.69) is 69.7 Å². The normalized spacial score (nSPS) is 15.5. The maximum atomic E-state index is 13.0. The predicted molar refractivity (Wildman–Crippen MR) is 138 cm³/mol. The Kier molecular flexibility index (Phi) is 6.10. The Labute approximate surface area is 208 Å². The molecule has 5 rings (SSSR count). The molecule has 3 heterocycles. The number of benzene rings is 1. The number of aromatic nitrogens is 5. The highest BCUT2D eigenvalue weighted by Gasteiger charge is 2.25. The number of thiazole rings is 1. The van der Waals surface area contributed by atoms with Gasteiger partial charge in [0.1, 0.15) is 17.0 Å². The number of anilines is 2. The summed E-state index contributed by atoms with van der Waals surface area (Å²) >= 11 is 1.47. The van der Waals surface area contributed by atoms with Gasteiger partial charge < -0.3 is 10.6 Å². The van der Waals surface area contributed by atoms with Gasteiger partial charge in [0.05, 0.1) is 34.8 Å². The van der Waals surface area contributed by atoms with Crippen molar-refractivity contribution in [2.24, 2.45) is 7.05 Å². The van der Waals surface area contributed by atoms with Crippen molar-refractivity contribution in [1.29, 1.82) is 0 Å². The third-order valence-corrected chi connectivity index (χ3v) is 7.50. The van der Waals surface area contributed by atoms with Crippen molar-refractivity contribution in [3.05, 3.63) is 70.2 Å². The van der Waals surface area contributed by atoms with E-state index < -0.39 is 0 Å². The Morgan fingerprint density at radius 3 is 2.74 bits per heavy atom. The van der Waals surface area contributed by atoms with Crippen LogP contribution in [0.25, 0.3) is 11.3 Å². The molecule has 180 valence electrons. The molecule has 35 heavy (non-hydrogen) atoms. The second kappa shape index (κ2) is 9.22. The van der Waals surface area contributed by atoms with Crippen molar-refractivity contribution >= 4 is 28.7 Å². The van der Waals surface area contributed by atoms with Crippen LogP contribution in [0.15, 0.2) is 49.2 Å². The zero-order valence-corrected chi connectivity index (χ0v) is 21.2. The fourth-order valence-electron chi connectivity index (χ4n) is 4.30. The maximum absolute atomic E-state index is 13.0. The fraction of sp³-hybridized carbons (Fsp3) is 0.346. The molecule has 2 N–H and O–H groups in total. The first-order valence-electron chi connectivity index (χ1n) is 11.7. The lowest BCUT2D eigenvalue weighted by atomic mass is 9.86. The van der Waals surface area contributed by atoms with Gasteiger partial charge in [-0.3, -0.25) is 9.48 Å². The van der Waals surface area contributed by atoms with Crippen LogP contribution in [0, 0.1) is 0 Å². The summed E-state index contributed by atoms with van der Waals surface area (Å²) in [5.74, 6) is 0.659. The van der Waals surface area contributed by atoms with Crippen molar-refractivity contribution in [1.82, 2.24) is 30.0 Å². The summed E-state index contributed by atoms with van der Waals surface area (Å²) in [6.07, 6.45) is 9.84. The van der Waals surface area contributed by atoms with E-state index in [1.54, 1.807) is 23.4 Å². The van der Waals surface area contributed by atoms with E-state index in [0.717, 1.165) is 41.2 Å². The number of nitrogens with one attached hydrogen (secondary N) is 2. The second-order valence-corrected chi connectivity index (χ2v) is 11.0. The highest BCUT2D eigenvalue weighted by molar-refractivity contribution is 7.13. The van der Waals surface area contributed by atoms with Crippen molar-refractivity contribution in [2.45, 2.75) is 51.5 Å². The van der Waals surface area contributed by atoms with Gasteiger partial charge in [-0.2, -0.15) is 5.10 Å². The lowest BCUT2D eigenvalue weighted by Gasteiger charge is -2.26. The molecule has 0 aliphatic heterocycles. The Morgan fingerprint density at radius 1 is 1.14 bits per heavy atom. The van der Waals surface area contributed by atoms with Crippen LogP contribution in [0.3, 0.4) is 0 Å². The summed E-state index contributed by atoms with van der Waals surface area (Å²) in [6.45, 7) is 6.33. The Hall–Kier alpha value is -3.59. The summed E-state index contributed by atoms with van der Waals surface area (Å²) in [7, 11) is 1.87. The molecule has 0 saturated heterocycles. The standard InChI is InChI=1S/C26H29N7OS/c1-26(2,3)25-27-13-22(35-25)24(34)32-20-7-5-6-16-10-17(8-9-19(16)20)21-11-23(29-15-28-21)31-18-12-30-33(4)14-18/h8-15,20H,5-7H2,1-4H3,(H,32,34)(H,28,29,31). The Bertz CT molecular complexity index is 1370. The van der Waals surface area contributed by atoms with Crippen molar-refractivity contribution in [3.63, 3.8) is 0 Å². The van der Waals surface area contributed by atoms with E-state index in [4.69, 9.17) is 0 Å². The van der Waals surface area contributed by atoms with Crippen LogP contribution in [0.5, 0.6) is 0 Å². The van der Waals surface area contributed by atoms with Gasteiger partial charge in [0.2, 0.25) is 0 Å². The van der Waals surface area contributed by atoms with Crippen LogP contribution in [0.4, 0.5) is 11.5 Å². The summed E-state index contributed by atoms with van der Waals surface area (Å²) < 4.78 is 1.74. The molecule has 1 amide bonds. The van der Waals surface area contributed by atoms with Gasteiger partial charge in [-0.15, -0.1) is 11.3 Å². The van der Waals surface area contributed by atoms with E-state index in [-0.39, 0.29) is 17.4 Å². The van der Waals surface area contributed by atoms with E-state index in [1.165, 1.54) is 22.5 Å². The SMILES string of the molecule is Cn1cc(Nc2cc(-c3ccc4c(c3)CCCC4NC(=O)c3cnc(C(C)(C)C)s3)ncn2)cn1. The first-order chi connectivity index (χ1) is 16.8.